The average molecular weight is 282 g/mol. The topological polar surface area (TPSA) is 160 Å². The van der Waals surface area contributed by atoms with Crippen LogP contribution in [0.2, 0.25) is 0 Å². The lowest BCUT2D eigenvalue weighted by molar-refractivity contribution is -0.270. The van der Waals surface area contributed by atoms with Crippen molar-refractivity contribution in [1.29, 1.82) is 0 Å². The molecule has 2 unspecified atom stereocenters. The van der Waals surface area contributed by atoms with Gasteiger partial charge in [-0.15, -0.1) is 0 Å². The van der Waals surface area contributed by atoms with Gasteiger partial charge in [0.2, 0.25) is 0 Å². The van der Waals surface area contributed by atoms with Gasteiger partial charge in [0, 0.05) is 0 Å². The highest BCUT2D eigenvalue weighted by Crippen LogP contribution is 2.29. The van der Waals surface area contributed by atoms with Crippen LogP contribution in [-0.2, 0) is 29.0 Å². The van der Waals surface area contributed by atoms with Crippen LogP contribution in [0.4, 0.5) is 0 Å². The number of carbonyl (C=O) groups is 3. The van der Waals surface area contributed by atoms with E-state index in [1.54, 1.807) is 6.92 Å². The van der Waals surface area contributed by atoms with Crippen molar-refractivity contribution in [1.82, 2.24) is 0 Å². The molecule has 0 saturated heterocycles. The minimum absolute atomic E-state index is 0.177. The van der Waals surface area contributed by atoms with E-state index in [1.165, 1.54) is 0 Å². The van der Waals surface area contributed by atoms with Gasteiger partial charge in [0.25, 0.3) is 0 Å². The van der Waals surface area contributed by atoms with Gasteiger partial charge in [0.05, 0.1) is 6.42 Å². The molecular formula is C9H14O10. The van der Waals surface area contributed by atoms with E-state index < -0.39 is 35.8 Å². The SMILES string of the molecule is CCCC(C(=O)OO)C(O)(CC(=O)OO)C(=O)OO. The molecule has 0 aromatic rings. The zero-order valence-electron chi connectivity index (χ0n) is 9.94. The van der Waals surface area contributed by atoms with Crippen molar-refractivity contribution in [2.24, 2.45) is 5.92 Å². The Labute approximate surface area is 106 Å². The summed E-state index contributed by atoms with van der Waals surface area (Å²) in [6.07, 6.45) is -1.11. The van der Waals surface area contributed by atoms with Crippen molar-refractivity contribution >= 4 is 17.9 Å². The monoisotopic (exact) mass is 282 g/mol. The van der Waals surface area contributed by atoms with Gasteiger partial charge < -0.3 is 14.9 Å². The van der Waals surface area contributed by atoms with Crippen LogP contribution in [0.3, 0.4) is 0 Å². The lowest BCUT2D eigenvalue weighted by Gasteiger charge is -2.28. The first-order valence-electron chi connectivity index (χ1n) is 5.15. The van der Waals surface area contributed by atoms with Crippen molar-refractivity contribution in [2.75, 3.05) is 0 Å². The summed E-state index contributed by atoms with van der Waals surface area (Å²) in [6, 6.07) is 0. The second-order valence-electron chi connectivity index (χ2n) is 3.69. The molecular weight excluding hydrogens is 268 g/mol. The van der Waals surface area contributed by atoms with Crippen LogP contribution in [0, 0.1) is 5.92 Å². The van der Waals surface area contributed by atoms with E-state index in [9.17, 15) is 19.5 Å². The quantitative estimate of drug-likeness (QED) is 0.274. The molecule has 0 aromatic carbocycles. The van der Waals surface area contributed by atoms with Crippen molar-refractivity contribution in [3.8, 4) is 0 Å². The molecule has 0 rings (SSSR count). The summed E-state index contributed by atoms with van der Waals surface area (Å²) < 4.78 is 0. The standard InChI is InChI=1S/C9H14O10/c1-2-3-5(7(11)18-15)9(13,8(12)19-16)4-6(10)17-14/h5,13-16H,2-4H2,1H3. The maximum Gasteiger partial charge on any atom is 0.374 e. The largest absolute Gasteiger partial charge is 0.377 e. The summed E-state index contributed by atoms with van der Waals surface area (Å²) in [5.41, 5.74) is -2.86. The average Bonchev–Trinajstić information content (AvgIpc) is 2.42. The molecule has 19 heavy (non-hydrogen) atoms. The van der Waals surface area contributed by atoms with Crippen LogP contribution < -0.4 is 0 Å². The lowest BCUT2D eigenvalue weighted by atomic mass is 9.81. The third-order valence-electron chi connectivity index (χ3n) is 2.48. The highest BCUT2D eigenvalue weighted by molar-refractivity contribution is 5.91. The molecule has 10 nitrogen and oxygen atoms in total. The van der Waals surface area contributed by atoms with E-state index in [1.807, 2.05) is 0 Å². The summed E-state index contributed by atoms with van der Waals surface area (Å²) in [5, 5.41) is 34.7. The lowest BCUT2D eigenvalue weighted by Crippen LogP contribution is -2.51. The van der Waals surface area contributed by atoms with Gasteiger partial charge in [-0.05, 0) is 6.42 Å². The Kier molecular flexibility index (Phi) is 6.93. The molecule has 0 spiro atoms. The first-order valence-corrected chi connectivity index (χ1v) is 5.15. The molecule has 4 N–H and O–H groups in total. The second-order valence-corrected chi connectivity index (χ2v) is 3.69. The van der Waals surface area contributed by atoms with E-state index in [4.69, 9.17) is 15.8 Å². The Bertz CT molecular complexity index is 340. The number of aliphatic hydroxyl groups is 1. The highest BCUT2D eigenvalue weighted by Gasteiger charge is 2.52. The van der Waals surface area contributed by atoms with Gasteiger partial charge >= 0.3 is 17.9 Å². The summed E-state index contributed by atoms with van der Waals surface area (Å²) >= 11 is 0. The maximum atomic E-state index is 11.3. The first-order chi connectivity index (χ1) is 8.87. The van der Waals surface area contributed by atoms with Gasteiger partial charge in [0.1, 0.15) is 5.92 Å². The minimum Gasteiger partial charge on any atom is -0.377 e. The summed E-state index contributed by atoms with van der Waals surface area (Å²) in [7, 11) is 0. The summed E-state index contributed by atoms with van der Waals surface area (Å²) in [5.74, 6) is -6.32. The molecule has 0 aliphatic carbocycles. The Morgan fingerprint density at radius 2 is 1.68 bits per heavy atom. The molecule has 0 radical (unpaired) electrons. The molecule has 0 saturated carbocycles. The summed E-state index contributed by atoms with van der Waals surface area (Å²) in [4.78, 5) is 43.6. The van der Waals surface area contributed by atoms with Crippen molar-refractivity contribution in [3.63, 3.8) is 0 Å². The van der Waals surface area contributed by atoms with Crippen molar-refractivity contribution < 1.29 is 49.9 Å². The predicted molar refractivity (Wildman–Crippen MR) is 54.1 cm³/mol. The van der Waals surface area contributed by atoms with Gasteiger partial charge in [-0.1, -0.05) is 13.3 Å². The Morgan fingerprint density at radius 1 is 1.11 bits per heavy atom. The smallest absolute Gasteiger partial charge is 0.374 e. The van der Waals surface area contributed by atoms with Gasteiger partial charge in [0.15, 0.2) is 5.60 Å². The Morgan fingerprint density at radius 3 is 2.05 bits per heavy atom. The van der Waals surface area contributed by atoms with Crippen LogP contribution in [0.5, 0.6) is 0 Å². The van der Waals surface area contributed by atoms with Crippen LogP contribution in [-0.4, -0.2) is 44.4 Å². The van der Waals surface area contributed by atoms with E-state index in [0.29, 0.717) is 0 Å². The number of carbonyl (C=O) groups excluding carboxylic acids is 3. The van der Waals surface area contributed by atoms with Crippen molar-refractivity contribution in [3.05, 3.63) is 0 Å². The van der Waals surface area contributed by atoms with Crippen LogP contribution in [0.25, 0.3) is 0 Å². The number of rotatable bonds is 7. The van der Waals surface area contributed by atoms with Gasteiger partial charge in [-0.2, -0.15) is 15.8 Å². The maximum absolute atomic E-state index is 11.3. The Hall–Kier alpha value is -1.75. The van der Waals surface area contributed by atoms with Gasteiger partial charge in [-0.25, -0.2) is 14.4 Å². The third-order valence-corrected chi connectivity index (χ3v) is 2.48. The number of hydrogen-bond acceptors (Lipinski definition) is 10. The Balaban J connectivity index is 5.44. The molecule has 0 aromatic heterocycles. The van der Waals surface area contributed by atoms with E-state index in [0.717, 1.165) is 0 Å². The molecule has 0 heterocycles. The second kappa shape index (κ2) is 7.63. The van der Waals surface area contributed by atoms with E-state index >= 15 is 0 Å². The van der Waals surface area contributed by atoms with Crippen LogP contribution >= 0.6 is 0 Å². The van der Waals surface area contributed by atoms with Crippen LogP contribution in [0.15, 0.2) is 0 Å². The molecule has 0 aliphatic rings. The van der Waals surface area contributed by atoms with Crippen molar-refractivity contribution in [2.45, 2.75) is 31.8 Å². The normalized spacial score (nSPS) is 15.0. The molecule has 10 heteroatoms. The minimum atomic E-state index is -2.86. The third kappa shape index (κ3) is 4.13. The van der Waals surface area contributed by atoms with E-state index in [-0.39, 0.29) is 12.8 Å². The summed E-state index contributed by atoms with van der Waals surface area (Å²) in [6.45, 7) is 1.58. The van der Waals surface area contributed by atoms with Crippen LogP contribution in [0.1, 0.15) is 26.2 Å². The fourth-order valence-corrected chi connectivity index (χ4v) is 1.57. The molecule has 0 aliphatic heterocycles. The first kappa shape index (κ1) is 17.2. The molecule has 110 valence electrons. The zero-order valence-corrected chi connectivity index (χ0v) is 9.94. The number of hydrogen-bond donors (Lipinski definition) is 4. The van der Waals surface area contributed by atoms with Gasteiger partial charge in [-0.3, -0.25) is 4.89 Å². The zero-order chi connectivity index (χ0) is 15.1. The fourth-order valence-electron chi connectivity index (χ4n) is 1.57. The molecule has 2 atom stereocenters. The fraction of sp³-hybridized carbons (Fsp3) is 0.667. The van der Waals surface area contributed by atoms with E-state index in [2.05, 4.69) is 14.7 Å². The molecule has 0 fully saturated rings. The molecule has 0 amide bonds. The highest BCUT2D eigenvalue weighted by atomic mass is 17.1. The predicted octanol–water partition coefficient (Wildman–Crippen LogP) is -0.427. The molecule has 0 bridgehead atoms.